The van der Waals surface area contributed by atoms with Gasteiger partial charge in [0.25, 0.3) is 0 Å². The van der Waals surface area contributed by atoms with Crippen molar-refractivity contribution in [1.29, 1.82) is 0 Å². The second-order valence-corrected chi connectivity index (χ2v) is 9.22. The van der Waals surface area contributed by atoms with Gasteiger partial charge in [-0.2, -0.15) is 0 Å². The molecule has 3 nitrogen and oxygen atoms in total. The van der Waals surface area contributed by atoms with E-state index in [1.807, 2.05) is 0 Å². The van der Waals surface area contributed by atoms with Gasteiger partial charge in [-0.25, -0.2) is 0 Å². The molecule has 0 bridgehead atoms. The lowest BCUT2D eigenvalue weighted by Gasteiger charge is -2.39. The summed E-state index contributed by atoms with van der Waals surface area (Å²) in [6, 6.07) is 9.97. The van der Waals surface area contributed by atoms with Gasteiger partial charge in [0.15, 0.2) is 0 Å². The minimum Gasteiger partial charge on any atom is -0.385 e. The van der Waals surface area contributed by atoms with E-state index in [-0.39, 0.29) is 5.41 Å². The van der Waals surface area contributed by atoms with Gasteiger partial charge in [0, 0.05) is 43.5 Å². The lowest BCUT2D eigenvalue weighted by Crippen LogP contribution is -2.34. The van der Waals surface area contributed by atoms with Gasteiger partial charge in [0.1, 0.15) is 0 Å². The molecule has 1 aliphatic carbocycles. The van der Waals surface area contributed by atoms with Crippen LogP contribution in [0.4, 0.5) is 11.4 Å². The Balaban J connectivity index is 1.60. The molecular weight excluding hydrogens is 344 g/mol. The predicted octanol–water partition coefficient (Wildman–Crippen LogP) is 4.67. The number of rotatable bonds is 3. The maximum atomic E-state index is 5.36. The number of aryl methyl sites for hydroxylation is 2. The molecule has 0 atom stereocenters. The fourth-order valence-electron chi connectivity index (χ4n) is 5.57. The van der Waals surface area contributed by atoms with Crippen LogP contribution in [0.2, 0.25) is 0 Å². The number of anilines is 2. The van der Waals surface area contributed by atoms with Crippen LogP contribution in [0, 0.1) is 0 Å². The van der Waals surface area contributed by atoms with Gasteiger partial charge in [0.05, 0.1) is 6.61 Å². The molecule has 0 spiro atoms. The number of fused-ring (bicyclic) bond motifs is 4. The van der Waals surface area contributed by atoms with Crippen molar-refractivity contribution in [3.63, 3.8) is 0 Å². The molecule has 5 rings (SSSR count). The second-order valence-electron chi connectivity index (χ2n) is 9.22. The number of ether oxygens (including phenoxy) is 1. The van der Waals surface area contributed by atoms with Crippen molar-refractivity contribution in [2.75, 3.05) is 43.6 Å². The van der Waals surface area contributed by atoms with E-state index < -0.39 is 0 Å². The molecular formula is C25H32N2O. The zero-order valence-corrected chi connectivity index (χ0v) is 17.5. The van der Waals surface area contributed by atoms with Crippen LogP contribution in [0.1, 0.15) is 60.1 Å². The Kier molecular flexibility index (Phi) is 4.39. The minimum atomic E-state index is 0.0382. The zero-order valence-electron chi connectivity index (χ0n) is 17.5. The van der Waals surface area contributed by atoms with Gasteiger partial charge in [-0.1, -0.05) is 26.0 Å². The number of nitrogens with one attached hydrogen (secondary N) is 1. The van der Waals surface area contributed by atoms with Crippen molar-refractivity contribution in [1.82, 2.24) is 0 Å². The molecule has 0 amide bonds. The molecule has 1 N–H and O–H groups in total. The number of hydrogen-bond acceptors (Lipinski definition) is 3. The molecule has 2 aromatic rings. The summed E-state index contributed by atoms with van der Waals surface area (Å²) in [4.78, 5) is 2.53. The monoisotopic (exact) mass is 376 g/mol. The summed E-state index contributed by atoms with van der Waals surface area (Å²) in [6.45, 7) is 8.84. The van der Waals surface area contributed by atoms with Gasteiger partial charge in [-0.05, 0) is 77.6 Å². The topological polar surface area (TPSA) is 24.5 Å². The summed E-state index contributed by atoms with van der Waals surface area (Å²) in [5, 5.41) is 3.63. The second kappa shape index (κ2) is 6.81. The molecule has 0 saturated carbocycles. The van der Waals surface area contributed by atoms with E-state index >= 15 is 0 Å². The molecule has 148 valence electrons. The predicted molar refractivity (Wildman–Crippen MR) is 117 cm³/mol. The van der Waals surface area contributed by atoms with Crippen LogP contribution in [0.5, 0.6) is 0 Å². The van der Waals surface area contributed by atoms with E-state index in [0.717, 1.165) is 32.7 Å². The zero-order chi connectivity index (χ0) is 19.3. The van der Waals surface area contributed by atoms with Crippen molar-refractivity contribution < 1.29 is 4.74 Å². The minimum absolute atomic E-state index is 0.0382. The van der Waals surface area contributed by atoms with Crippen LogP contribution in [-0.2, 0) is 29.4 Å². The number of hydrogen-bond donors (Lipinski definition) is 1. The fourth-order valence-corrected chi connectivity index (χ4v) is 5.57. The van der Waals surface area contributed by atoms with E-state index in [1.54, 1.807) is 7.11 Å². The van der Waals surface area contributed by atoms with Crippen LogP contribution in [-0.4, -0.2) is 33.4 Å². The first-order valence-corrected chi connectivity index (χ1v) is 10.9. The molecule has 0 fully saturated rings. The highest BCUT2D eigenvalue weighted by molar-refractivity contribution is 5.67. The summed E-state index contributed by atoms with van der Waals surface area (Å²) in [5.74, 6) is 0. The smallest absolute Gasteiger partial charge is 0.0637 e. The average molecular weight is 377 g/mol. The van der Waals surface area contributed by atoms with E-state index in [9.17, 15) is 0 Å². The third kappa shape index (κ3) is 2.83. The number of nitrogens with zero attached hydrogens (tertiary/aromatic N) is 1. The van der Waals surface area contributed by atoms with Crippen LogP contribution in [0.25, 0.3) is 0 Å². The first kappa shape index (κ1) is 18.1. The lowest BCUT2D eigenvalue weighted by atomic mass is 9.67. The Bertz CT molecular complexity index is 915. The number of benzene rings is 2. The van der Waals surface area contributed by atoms with Crippen LogP contribution >= 0.6 is 0 Å². The third-order valence-corrected chi connectivity index (χ3v) is 7.08. The molecule has 2 aromatic carbocycles. The molecule has 0 unspecified atom stereocenters. The molecule has 3 heteroatoms. The largest absolute Gasteiger partial charge is 0.385 e. The van der Waals surface area contributed by atoms with Gasteiger partial charge in [-0.3, -0.25) is 0 Å². The maximum Gasteiger partial charge on any atom is 0.0637 e. The Labute approximate surface area is 169 Å². The van der Waals surface area contributed by atoms with E-state index in [1.165, 1.54) is 70.4 Å². The van der Waals surface area contributed by atoms with Crippen LogP contribution in [0.3, 0.4) is 0 Å². The molecule has 3 aliphatic rings. The highest BCUT2D eigenvalue weighted by Gasteiger charge is 2.35. The van der Waals surface area contributed by atoms with Crippen LogP contribution < -0.4 is 10.2 Å². The molecule has 0 radical (unpaired) electrons. The maximum absolute atomic E-state index is 5.36. The normalized spacial score (nSPS) is 19.2. The third-order valence-electron chi connectivity index (χ3n) is 7.08. The van der Waals surface area contributed by atoms with Gasteiger partial charge in [0.2, 0.25) is 0 Å². The number of methoxy groups -OCH3 is 1. The van der Waals surface area contributed by atoms with E-state index in [2.05, 4.69) is 48.3 Å². The summed E-state index contributed by atoms with van der Waals surface area (Å²) in [6.07, 6.45) is 5.98. The van der Waals surface area contributed by atoms with Crippen molar-refractivity contribution in [3.8, 4) is 0 Å². The van der Waals surface area contributed by atoms with Crippen molar-refractivity contribution >= 4 is 11.4 Å². The summed E-state index contributed by atoms with van der Waals surface area (Å²) in [5.41, 5.74) is 12.0. The Morgan fingerprint density at radius 1 is 0.964 bits per heavy atom. The van der Waals surface area contributed by atoms with Gasteiger partial charge in [-0.15, -0.1) is 0 Å². The quantitative estimate of drug-likeness (QED) is 0.842. The SMILES string of the molecule is COCCN1CCCc2cc3c(cc21)C(C)(C)c1cc2c(cc1C3)CCCN2. The summed E-state index contributed by atoms with van der Waals surface area (Å²) >= 11 is 0. The standard InChI is InChI=1S/C25H32N2O/c1-25(2)21-15-23-17(6-4-8-26-23)12-19(21)14-20-13-18-7-5-9-27(10-11-28-3)24(18)16-22(20)25/h12-13,15-16,26H,4-11,14H2,1-3H3. The Morgan fingerprint density at radius 2 is 1.71 bits per heavy atom. The van der Waals surface area contributed by atoms with Crippen molar-refractivity contribution in [2.24, 2.45) is 0 Å². The average Bonchev–Trinajstić information content (AvgIpc) is 2.70. The molecule has 0 saturated heterocycles. The first-order chi connectivity index (χ1) is 13.6. The molecule has 2 heterocycles. The highest BCUT2D eigenvalue weighted by atomic mass is 16.5. The lowest BCUT2D eigenvalue weighted by molar-refractivity contribution is 0.205. The van der Waals surface area contributed by atoms with E-state index in [4.69, 9.17) is 4.74 Å². The molecule has 2 aliphatic heterocycles. The fraction of sp³-hybridized carbons (Fsp3) is 0.520. The summed E-state index contributed by atoms with van der Waals surface area (Å²) < 4.78 is 5.36. The molecule has 28 heavy (non-hydrogen) atoms. The van der Waals surface area contributed by atoms with Crippen molar-refractivity contribution in [3.05, 3.63) is 57.6 Å². The van der Waals surface area contributed by atoms with Crippen molar-refractivity contribution in [2.45, 2.75) is 51.4 Å². The first-order valence-electron chi connectivity index (χ1n) is 10.9. The Morgan fingerprint density at radius 3 is 2.54 bits per heavy atom. The Hall–Kier alpha value is -2.00. The van der Waals surface area contributed by atoms with Gasteiger partial charge >= 0.3 is 0 Å². The van der Waals surface area contributed by atoms with E-state index in [0.29, 0.717) is 0 Å². The molecule has 0 aromatic heterocycles. The van der Waals surface area contributed by atoms with Gasteiger partial charge < -0.3 is 15.0 Å². The summed E-state index contributed by atoms with van der Waals surface area (Å²) in [7, 11) is 1.80. The van der Waals surface area contributed by atoms with Crippen LogP contribution in [0.15, 0.2) is 24.3 Å². The highest BCUT2D eigenvalue weighted by Crippen LogP contribution is 2.46.